The Morgan fingerprint density at radius 2 is 1.76 bits per heavy atom. The second-order valence-electron chi connectivity index (χ2n) is 5.89. The van der Waals surface area contributed by atoms with Gasteiger partial charge < -0.3 is 10.2 Å². The van der Waals surface area contributed by atoms with E-state index >= 15 is 0 Å². The number of nitrogens with zero attached hydrogens (tertiary/aromatic N) is 2. The van der Waals surface area contributed by atoms with Gasteiger partial charge in [-0.2, -0.15) is 5.10 Å². The molecule has 4 nitrogen and oxygen atoms in total. The van der Waals surface area contributed by atoms with Gasteiger partial charge in [0, 0.05) is 25.0 Å². The average molecular weight is 355 g/mol. The highest BCUT2D eigenvalue weighted by Gasteiger charge is 1.99. The summed E-state index contributed by atoms with van der Waals surface area (Å²) in [6, 6.07) is 16.5. The van der Waals surface area contributed by atoms with Crippen molar-refractivity contribution in [2.75, 3.05) is 23.8 Å². The summed E-state index contributed by atoms with van der Waals surface area (Å²) >= 11 is 5.25. The lowest BCUT2D eigenvalue weighted by Crippen LogP contribution is -2.23. The zero-order valence-electron chi connectivity index (χ0n) is 15.1. The molecule has 0 saturated carbocycles. The van der Waals surface area contributed by atoms with E-state index in [1.165, 1.54) is 11.3 Å². The molecule has 0 fully saturated rings. The molecule has 132 valence electrons. The summed E-state index contributed by atoms with van der Waals surface area (Å²) in [5.41, 5.74) is 7.33. The fraction of sp³-hybridized carbons (Fsp3) is 0.300. The Kier molecular flexibility index (Phi) is 7.41. The van der Waals surface area contributed by atoms with Crippen LogP contribution in [0.3, 0.4) is 0 Å². The number of thiocarbonyl (C=S) groups is 1. The third kappa shape index (κ3) is 6.19. The van der Waals surface area contributed by atoms with E-state index in [0.29, 0.717) is 5.11 Å². The molecule has 25 heavy (non-hydrogen) atoms. The van der Waals surface area contributed by atoms with Gasteiger partial charge in [-0.25, -0.2) is 0 Å². The summed E-state index contributed by atoms with van der Waals surface area (Å²) in [6.45, 7) is 5.37. The summed E-state index contributed by atoms with van der Waals surface area (Å²) in [5.74, 6) is 0. The largest absolute Gasteiger partial charge is 0.375 e. The van der Waals surface area contributed by atoms with Crippen LogP contribution >= 0.6 is 12.2 Å². The van der Waals surface area contributed by atoms with Gasteiger partial charge >= 0.3 is 0 Å². The molecule has 0 spiro atoms. The highest BCUT2D eigenvalue weighted by Crippen LogP contribution is 2.13. The Balaban J connectivity index is 1.84. The van der Waals surface area contributed by atoms with E-state index in [1.807, 2.05) is 24.3 Å². The first-order chi connectivity index (χ1) is 12.1. The Morgan fingerprint density at radius 3 is 2.36 bits per heavy atom. The zero-order valence-corrected chi connectivity index (χ0v) is 15.9. The van der Waals surface area contributed by atoms with Gasteiger partial charge in [0.25, 0.3) is 0 Å². The molecule has 0 bridgehead atoms. The molecule has 0 aliphatic heterocycles. The minimum absolute atomic E-state index is 0.472. The van der Waals surface area contributed by atoms with Crippen molar-refractivity contribution in [2.45, 2.75) is 26.7 Å². The second kappa shape index (κ2) is 9.79. The number of aryl methyl sites for hydroxylation is 1. The highest BCUT2D eigenvalue weighted by atomic mass is 32.1. The Labute approximate surface area is 155 Å². The highest BCUT2D eigenvalue weighted by molar-refractivity contribution is 7.80. The standard InChI is InChI=1S/C20H26N4S/c1-4-14-24(3)19-12-8-17(9-13-19)15-21-23-20(25)22-18-10-6-16(5-2)7-11-18/h6-13,15H,4-5,14H2,1-3H3,(H2,22,23,25)/b21-15-. The van der Waals surface area contributed by atoms with Crippen LogP contribution in [-0.2, 0) is 6.42 Å². The van der Waals surface area contributed by atoms with Crippen molar-refractivity contribution in [3.8, 4) is 0 Å². The number of nitrogens with one attached hydrogen (secondary N) is 2. The number of hydrogen-bond acceptors (Lipinski definition) is 3. The quantitative estimate of drug-likeness (QED) is 0.439. The predicted octanol–water partition coefficient (Wildman–Crippen LogP) is 4.42. The van der Waals surface area contributed by atoms with E-state index in [4.69, 9.17) is 12.2 Å². The lowest BCUT2D eigenvalue weighted by molar-refractivity contribution is 0.852. The van der Waals surface area contributed by atoms with Crippen LogP contribution in [0.2, 0.25) is 0 Å². The summed E-state index contributed by atoms with van der Waals surface area (Å²) in [7, 11) is 2.10. The molecule has 2 rings (SSSR count). The first-order valence-corrected chi connectivity index (χ1v) is 9.03. The van der Waals surface area contributed by atoms with Gasteiger partial charge in [-0.1, -0.05) is 38.1 Å². The van der Waals surface area contributed by atoms with Gasteiger partial charge in [0.1, 0.15) is 0 Å². The van der Waals surface area contributed by atoms with Gasteiger partial charge in [-0.3, -0.25) is 5.43 Å². The Bertz CT molecular complexity index is 693. The van der Waals surface area contributed by atoms with E-state index < -0.39 is 0 Å². The van der Waals surface area contributed by atoms with E-state index in [9.17, 15) is 0 Å². The van der Waals surface area contributed by atoms with Crippen molar-refractivity contribution in [3.63, 3.8) is 0 Å². The third-order valence-corrected chi connectivity index (χ3v) is 4.09. The van der Waals surface area contributed by atoms with Crippen LogP contribution in [0.4, 0.5) is 11.4 Å². The number of rotatable bonds is 7. The normalized spacial score (nSPS) is 10.7. The maximum atomic E-state index is 5.25. The third-order valence-electron chi connectivity index (χ3n) is 3.89. The first kappa shape index (κ1) is 18.9. The second-order valence-corrected chi connectivity index (χ2v) is 6.30. The minimum Gasteiger partial charge on any atom is -0.375 e. The number of hydrazone groups is 1. The van der Waals surface area contributed by atoms with Crippen LogP contribution in [0.15, 0.2) is 53.6 Å². The smallest absolute Gasteiger partial charge is 0.191 e. The summed E-state index contributed by atoms with van der Waals surface area (Å²) in [4.78, 5) is 2.24. The van der Waals surface area contributed by atoms with Gasteiger partial charge in [-0.15, -0.1) is 0 Å². The fourth-order valence-electron chi connectivity index (χ4n) is 2.43. The Hall–Kier alpha value is -2.40. The van der Waals surface area contributed by atoms with Crippen LogP contribution in [0.1, 0.15) is 31.4 Å². The number of hydrogen-bond donors (Lipinski definition) is 2. The summed E-state index contributed by atoms with van der Waals surface area (Å²) in [6.07, 6.45) is 3.92. The monoisotopic (exact) mass is 354 g/mol. The van der Waals surface area contributed by atoms with Crippen molar-refractivity contribution in [1.82, 2.24) is 5.43 Å². The molecule has 2 aromatic rings. The van der Waals surface area contributed by atoms with Crippen LogP contribution in [0, 0.1) is 0 Å². The van der Waals surface area contributed by atoms with E-state index in [1.54, 1.807) is 6.21 Å². The molecule has 0 unspecified atom stereocenters. The zero-order chi connectivity index (χ0) is 18.1. The lowest BCUT2D eigenvalue weighted by Gasteiger charge is -2.18. The molecule has 0 amide bonds. The SMILES string of the molecule is CCCN(C)c1ccc(/C=N\NC(=S)Nc2ccc(CC)cc2)cc1. The number of benzene rings is 2. The molecule has 5 heteroatoms. The molecule has 2 N–H and O–H groups in total. The molecule has 0 aromatic heterocycles. The van der Waals surface area contributed by atoms with Crippen molar-refractivity contribution in [1.29, 1.82) is 0 Å². The predicted molar refractivity (Wildman–Crippen MR) is 113 cm³/mol. The lowest BCUT2D eigenvalue weighted by atomic mass is 10.1. The van der Waals surface area contributed by atoms with Crippen LogP contribution in [-0.4, -0.2) is 24.9 Å². The molecule has 0 saturated heterocycles. The van der Waals surface area contributed by atoms with E-state index in [2.05, 4.69) is 65.9 Å². The number of anilines is 2. The molecule has 0 heterocycles. The van der Waals surface area contributed by atoms with Gasteiger partial charge in [0.05, 0.1) is 6.21 Å². The maximum absolute atomic E-state index is 5.25. The fourth-order valence-corrected chi connectivity index (χ4v) is 2.60. The average Bonchev–Trinajstić information content (AvgIpc) is 2.63. The van der Waals surface area contributed by atoms with Gasteiger partial charge in [0.2, 0.25) is 0 Å². The molecule has 0 aliphatic carbocycles. The van der Waals surface area contributed by atoms with E-state index in [0.717, 1.165) is 30.6 Å². The maximum Gasteiger partial charge on any atom is 0.191 e. The van der Waals surface area contributed by atoms with Gasteiger partial charge in [-0.05, 0) is 60.5 Å². The molecular weight excluding hydrogens is 328 g/mol. The van der Waals surface area contributed by atoms with Crippen LogP contribution in [0.5, 0.6) is 0 Å². The van der Waals surface area contributed by atoms with Crippen molar-refractivity contribution >= 4 is 34.9 Å². The molecule has 0 radical (unpaired) electrons. The first-order valence-electron chi connectivity index (χ1n) is 8.62. The van der Waals surface area contributed by atoms with E-state index in [-0.39, 0.29) is 0 Å². The Morgan fingerprint density at radius 1 is 1.08 bits per heavy atom. The van der Waals surface area contributed by atoms with Crippen LogP contribution in [0.25, 0.3) is 0 Å². The van der Waals surface area contributed by atoms with Crippen LogP contribution < -0.4 is 15.6 Å². The van der Waals surface area contributed by atoms with Crippen molar-refractivity contribution < 1.29 is 0 Å². The van der Waals surface area contributed by atoms with Gasteiger partial charge in [0.15, 0.2) is 5.11 Å². The minimum atomic E-state index is 0.472. The molecular formula is C20H26N4S. The van der Waals surface area contributed by atoms with Crippen molar-refractivity contribution in [2.24, 2.45) is 5.10 Å². The molecule has 0 aliphatic rings. The summed E-state index contributed by atoms with van der Waals surface area (Å²) in [5, 5.41) is 7.78. The topological polar surface area (TPSA) is 39.7 Å². The summed E-state index contributed by atoms with van der Waals surface area (Å²) < 4.78 is 0. The molecule has 2 aromatic carbocycles. The molecule has 0 atom stereocenters. The van der Waals surface area contributed by atoms with Crippen molar-refractivity contribution in [3.05, 3.63) is 59.7 Å².